The summed E-state index contributed by atoms with van der Waals surface area (Å²) in [5.41, 5.74) is 5.70. The number of para-hydroxylation sites is 1. The number of carbonyl (C=O) groups is 2. The van der Waals surface area contributed by atoms with Gasteiger partial charge in [-0.2, -0.15) is 0 Å². The van der Waals surface area contributed by atoms with Crippen molar-refractivity contribution in [2.24, 2.45) is 0 Å². The molecule has 0 aromatic heterocycles. The van der Waals surface area contributed by atoms with Gasteiger partial charge in [0, 0.05) is 22.0 Å². The van der Waals surface area contributed by atoms with Crippen LogP contribution in [-0.2, 0) is 13.0 Å². The minimum Gasteiger partial charge on any atom is -0.496 e. The first kappa shape index (κ1) is 22.7. The number of halogens is 1. The molecule has 0 fully saturated rings. The summed E-state index contributed by atoms with van der Waals surface area (Å²) in [4.78, 5) is 28.1. The third-order valence-corrected chi connectivity index (χ3v) is 6.38. The van der Waals surface area contributed by atoms with Gasteiger partial charge in [0.15, 0.2) is 0 Å². The van der Waals surface area contributed by atoms with E-state index in [1.165, 1.54) is 12.7 Å². The lowest BCUT2D eigenvalue weighted by atomic mass is 10.0. The Kier molecular flexibility index (Phi) is 6.25. The van der Waals surface area contributed by atoms with E-state index < -0.39 is 0 Å². The van der Waals surface area contributed by atoms with Gasteiger partial charge in [-0.05, 0) is 77.7 Å². The van der Waals surface area contributed by atoms with Crippen molar-refractivity contribution in [3.8, 4) is 5.75 Å². The Labute approximate surface area is 208 Å². The molecule has 0 unspecified atom stereocenters. The number of rotatable bonds is 4. The lowest BCUT2D eigenvalue weighted by Crippen LogP contribution is -2.30. The first-order valence-corrected chi connectivity index (χ1v) is 11.6. The highest BCUT2D eigenvalue weighted by Gasteiger charge is 2.25. The number of hydrogen-bond donors (Lipinski definition) is 1. The highest BCUT2D eigenvalue weighted by molar-refractivity contribution is 6.30. The van der Waals surface area contributed by atoms with E-state index in [9.17, 15) is 9.59 Å². The SMILES string of the molecule is COc1ccccc1C(=O)Nc1ccc(C(=O)N2Cc3ccccc3Cc3cc(Cl)ccc32)cc1. The van der Waals surface area contributed by atoms with Gasteiger partial charge in [-0.1, -0.05) is 48.0 Å². The summed E-state index contributed by atoms with van der Waals surface area (Å²) >= 11 is 6.28. The van der Waals surface area contributed by atoms with Crippen molar-refractivity contribution < 1.29 is 14.3 Å². The van der Waals surface area contributed by atoms with Gasteiger partial charge in [0.25, 0.3) is 11.8 Å². The molecule has 0 bridgehead atoms. The summed E-state index contributed by atoms with van der Waals surface area (Å²) in [6.07, 6.45) is 0.712. The summed E-state index contributed by atoms with van der Waals surface area (Å²) in [6.45, 7) is 0.468. The van der Waals surface area contributed by atoms with Gasteiger partial charge in [-0.3, -0.25) is 9.59 Å². The van der Waals surface area contributed by atoms with Crippen molar-refractivity contribution in [3.05, 3.63) is 124 Å². The Morgan fingerprint density at radius 2 is 1.57 bits per heavy atom. The van der Waals surface area contributed by atoms with E-state index in [1.54, 1.807) is 47.4 Å². The summed E-state index contributed by atoms with van der Waals surface area (Å²) < 4.78 is 5.27. The molecule has 0 spiro atoms. The molecule has 4 aromatic rings. The van der Waals surface area contributed by atoms with Gasteiger partial charge in [-0.15, -0.1) is 0 Å². The fraction of sp³-hybridized carbons (Fsp3) is 0.103. The molecule has 6 heteroatoms. The van der Waals surface area contributed by atoms with Gasteiger partial charge in [0.05, 0.1) is 19.2 Å². The lowest BCUT2D eigenvalue weighted by Gasteiger charge is -2.24. The maximum Gasteiger partial charge on any atom is 0.259 e. The second kappa shape index (κ2) is 9.65. The van der Waals surface area contributed by atoms with Crippen LogP contribution in [0.2, 0.25) is 5.02 Å². The normalized spacial score (nSPS) is 12.2. The van der Waals surface area contributed by atoms with Crippen LogP contribution in [0.25, 0.3) is 0 Å². The van der Waals surface area contributed by atoms with Crippen molar-refractivity contribution in [1.29, 1.82) is 0 Å². The first-order chi connectivity index (χ1) is 17.0. The zero-order chi connectivity index (χ0) is 24.4. The number of ether oxygens (including phenoxy) is 1. The zero-order valence-corrected chi connectivity index (χ0v) is 19.9. The van der Waals surface area contributed by atoms with Gasteiger partial charge < -0.3 is 15.0 Å². The van der Waals surface area contributed by atoms with E-state index in [2.05, 4.69) is 17.4 Å². The predicted molar refractivity (Wildman–Crippen MR) is 139 cm³/mol. The van der Waals surface area contributed by atoms with Gasteiger partial charge in [0.1, 0.15) is 5.75 Å². The monoisotopic (exact) mass is 482 g/mol. The second-order valence-corrected chi connectivity index (χ2v) is 8.78. The second-order valence-electron chi connectivity index (χ2n) is 8.34. The van der Waals surface area contributed by atoms with Gasteiger partial charge >= 0.3 is 0 Å². The minimum atomic E-state index is -0.281. The maximum absolute atomic E-state index is 13.6. The van der Waals surface area contributed by atoms with E-state index in [4.69, 9.17) is 16.3 Å². The van der Waals surface area contributed by atoms with Crippen molar-refractivity contribution in [3.63, 3.8) is 0 Å². The van der Waals surface area contributed by atoms with E-state index in [0.29, 0.717) is 40.6 Å². The number of amides is 2. The molecule has 0 aliphatic carbocycles. The molecule has 0 saturated heterocycles. The number of fused-ring (bicyclic) bond motifs is 2. The number of nitrogens with one attached hydrogen (secondary N) is 1. The lowest BCUT2D eigenvalue weighted by molar-refractivity contribution is 0.0984. The van der Waals surface area contributed by atoms with Crippen LogP contribution in [0, 0.1) is 0 Å². The Balaban J connectivity index is 1.41. The smallest absolute Gasteiger partial charge is 0.259 e. The summed E-state index contributed by atoms with van der Waals surface area (Å²) in [7, 11) is 1.53. The molecule has 35 heavy (non-hydrogen) atoms. The molecule has 0 saturated carbocycles. The van der Waals surface area contributed by atoms with Crippen molar-refractivity contribution in [2.45, 2.75) is 13.0 Å². The molecular weight excluding hydrogens is 460 g/mol. The highest BCUT2D eigenvalue weighted by atomic mass is 35.5. The molecule has 5 rings (SSSR count). The molecule has 1 heterocycles. The number of benzene rings is 4. The van der Waals surface area contributed by atoms with Crippen LogP contribution in [0.15, 0.2) is 91.0 Å². The molecular formula is C29H23ClN2O3. The Morgan fingerprint density at radius 1 is 0.857 bits per heavy atom. The zero-order valence-electron chi connectivity index (χ0n) is 19.1. The van der Waals surface area contributed by atoms with Crippen LogP contribution >= 0.6 is 11.6 Å². The van der Waals surface area contributed by atoms with Gasteiger partial charge in [0.2, 0.25) is 0 Å². The number of anilines is 2. The summed E-state index contributed by atoms with van der Waals surface area (Å²) in [5, 5.41) is 3.51. The van der Waals surface area contributed by atoms with E-state index in [-0.39, 0.29) is 11.8 Å². The van der Waals surface area contributed by atoms with Crippen LogP contribution in [0.5, 0.6) is 5.75 Å². The van der Waals surface area contributed by atoms with Crippen LogP contribution in [0.3, 0.4) is 0 Å². The number of nitrogens with zero attached hydrogens (tertiary/aromatic N) is 1. The van der Waals surface area contributed by atoms with Crippen molar-refractivity contribution >= 4 is 34.8 Å². The molecule has 1 aliphatic heterocycles. The topological polar surface area (TPSA) is 58.6 Å². The average Bonchev–Trinajstić information content (AvgIpc) is 3.04. The molecule has 1 N–H and O–H groups in total. The van der Waals surface area contributed by atoms with E-state index in [0.717, 1.165) is 16.8 Å². The summed E-state index contributed by atoms with van der Waals surface area (Å²) in [6, 6.07) is 27.7. The largest absolute Gasteiger partial charge is 0.496 e. The summed E-state index contributed by atoms with van der Waals surface area (Å²) in [5.74, 6) is 0.0985. The number of methoxy groups -OCH3 is 1. The van der Waals surface area contributed by atoms with Crippen LogP contribution in [0.4, 0.5) is 11.4 Å². The fourth-order valence-corrected chi connectivity index (χ4v) is 4.56. The molecule has 5 nitrogen and oxygen atoms in total. The van der Waals surface area contributed by atoms with Gasteiger partial charge in [-0.25, -0.2) is 0 Å². The van der Waals surface area contributed by atoms with Crippen LogP contribution in [-0.4, -0.2) is 18.9 Å². The van der Waals surface area contributed by atoms with E-state index in [1.807, 2.05) is 36.4 Å². The third kappa shape index (κ3) is 4.63. The molecule has 0 atom stereocenters. The van der Waals surface area contributed by atoms with Crippen molar-refractivity contribution in [1.82, 2.24) is 0 Å². The molecule has 174 valence electrons. The molecule has 4 aromatic carbocycles. The molecule has 1 aliphatic rings. The molecule has 2 amide bonds. The first-order valence-electron chi connectivity index (χ1n) is 11.2. The Morgan fingerprint density at radius 3 is 2.34 bits per heavy atom. The Hall–Kier alpha value is -4.09. The minimum absolute atomic E-state index is 0.118. The third-order valence-electron chi connectivity index (χ3n) is 6.15. The highest BCUT2D eigenvalue weighted by Crippen LogP contribution is 2.33. The van der Waals surface area contributed by atoms with Crippen LogP contribution in [0.1, 0.15) is 37.4 Å². The Bertz CT molecular complexity index is 1420. The number of hydrogen-bond acceptors (Lipinski definition) is 3. The quantitative estimate of drug-likeness (QED) is 0.368. The molecule has 0 radical (unpaired) electrons. The maximum atomic E-state index is 13.6. The standard InChI is InChI=1S/C29H23ClN2O3/c1-35-27-9-5-4-8-25(27)28(33)31-24-13-10-19(11-14-24)29(34)32-18-21-7-3-2-6-20(21)16-22-17-23(30)12-15-26(22)32/h2-15,17H,16,18H2,1H3,(H,31,33). The predicted octanol–water partition coefficient (Wildman–Crippen LogP) is 6.35. The number of carbonyl (C=O) groups excluding carboxylic acids is 2. The average molecular weight is 483 g/mol. The van der Waals surface area contributed by atoms with E-state index >= 15 is 0 Å². The van der Waals surface area contributed by atoms with Crippen LogP contribution < -0.4 is 15.0 Å². The fourth-order valence-electron chi connectivity index (χ4n) is 4.37. The van der Waals surface area contributed by atoms with Crippen molar-refractivity contribution in [2.75, 3.05) is 17.3 Å².